The molecule has 0 bridgehead atoms. The van der Waals surface area contributed by atoms with Gasteiger partial charge in [0.15, 0.2) is 0 Å². The minimum atomic E-state index is -0.393. The van der Waals surface area contributed by atoms with Crippen molar-refractivity contribution in [1.82, 2.24) is 14.9 Å². The number of aromatic nitrogens is 2. The lowest BCUT2D eigenvalue weighted by atomic mass is 10.1. The summed E-state index contributed by atoms with van der Waals surface area (Å²) in [5.74, 6) is 0.611. The van der Waals surface area contributed by atoms with Crippen LogP contribution in [0.1, 0.15) is 38.5 Å². The Morgan fingerprint density at radius 1 is 1.15 bits per heavy atom. The van der Waals surface area contributed by atoms with Crippen LogP contribution in [0.25, 0.3) is 0 Å². The fourth-order valence-electron chi connectivity index (χ4n) is 3.56. The van der Waals surface area contributed by atoms with E-state index in [-0.39, 0.29) is 17.5 Å². The van der Waals surface area contributed by atoms with Gasteiger partial charge in [0, 0.05) is 32.2 Å². The first-order valence-electron chi connectivity index (χ1n) is 9.54. The molecule has 1 aliphatic heterocycles. The summed E-state index contributed by atoms with van der Waals surface area (Å²) in [4.78, 5) is 21.8. The molecule has 26 heavy (non-hydrogen) atoms. The molecule has 2 heterocycles. The summed E-state index contributed by atoms with van der Waals surface area (Å²) in [7, 11) is 0. The van der Waals surface area contributed by atoms with Gasteiger partial charge in [-0.3, -0.25) is 15.0 Å². The molecule has 2 aliphatic rings. The van der Waals surface area contributed by atoms with Crippen molar-refractivity contribution >= 4 is 17.3 Å². The number of ether oxygens (including phenoxy) is 1. The maximum atomic E-state index is 11.6. The number of nitrogens with one attached hydrogen (secondary N) is 2. The van der Waals surface area contributed by atoms with E-state index in [9.17, 15) is 10.1 Å². The fraction of sp³-hybridized carbons (Fsp3) is 0.765. The van der Waals surface area contributed by atoms with Crippen LogP contribution in [0.15, 0.2) is 6.33 Å². The molecule has 0 aromatic carbocycles. The SMILES string of the molecule is O=[N+]([O-])c1c(NCCN2CCOCC2)ncnc1NC1CCCCCC1. The van der Waals surface area contributed by atoms with Crippen molar-refractivity contribution in [3.63, 3.8) is 0 Å². The largest absolute Gasteiger partial charge is 0.379 e. The van der Waals surface area contributed by atoms with Gasteiger partial charge in [-0.2, -0.15) is 0 Å². The topological polar surface area (TPSA) is 105 Å². The van der Waals surface area contributed by atoms with Gasteiger partial charge in [-0.1, -0.05) is 25.7 Å². The van der Waals surface area contributed by atoms with Crippen molar-refractivity contribution < 1.29 is 9.66 Å². The third-order valence-corrected chi connectivity index (χ3v) is 5.03. The van der Waals surface area contributed by atoms with Crippen LogP contribution in [0.5, 0.6) is 0 Å². The molecule has 0 atom stereocenters. The number of hydrogen-bond donors (Lipinski definition) is 2. The van der Waals surface area contributed by atoms with Crippen molar-refractivity contribution in [1.29, 1.82) is 0 Å². The van der Waals surface area contributed by atoms with Crippen LogP contribution >= 0.6 is 0 Å². The summed E-state index contributed by atoms with van der Waals surface area (Å²) in [6.45, 7) is 4.66. The quantitative estimate of drug-likeness (QED) is 0.431. The van der Waals surface area contributed by atoms with Crippen molar-refractivity contribution in [2.45, 2.75) is 44.6 Å². The maximum Gasteiger partial charge on any atom is 0.353 e. The molecule has 1 saturated carbocycles. The van der Waals surface area contributed by atoms with Crippen LogP contribution in [0, 0.1) is 10.1 Å². The number of nitrogens with zero attached hydrogens (tertiary/aromatic N) is 4. The number of nitro groups is 1. The molecule has 0 amide bonds. The molecule has 2 N–H and O–H groups in total. The van der Waals surface area contributed by atoms with Gasteiger partial charge < -0.3 is 15.4 Å². The molecule has 1 aromatic rings. The molecule has 3 rings (SSSR count). The van der Waals surface area contributed by atoms with Gasteiger partial charge in [0.25, 0.3) is 0 Å². The minimum absolute atomic E-state index is 0.0567. The molecule has 2 fully saturated rings. The Hall–Kier alpha value is -2.00. The van der Waals surface area contributed by atoms with Crippen LogP contribution in [0.2, 0.25) is 0 Å². The lowest BCUT2D eigenvalue weighted by Gasteiger charge is -2.26. The predicted molar refractivity (Wildman–Crippen MR) is 99.5 cm³/mol. The van der Waals surface area contributed by atoms with E-state index in [4.69, 9.17) is 4.74 Å². The van der Waals surface area contributed by atoms with Gasteiger partial charge in [-0.05, 0) is 12.8 Å². The number of hydrogen-bond acceptors (Lipinski definition) is 8. The first kappa shape index (κ1) is 18.8. The molecule has 0 unspecified atom stereocenters. The van der Waals surface area contributed by atoms with Crippen LogP contribution in [0.4, 0.5) is 17.3 Å². The average molecular weight is 364 g/mol. The van der Waals surface area contributed by atoms with Crippen molar-refractivity contribution in [2.75, 3.05) is 50.0 Å². The van der Waals surface area contributed by atoms with Crippen molar-refractivity contribution in [3.8, 4) is 0 Å². The van der Waals surface area contributed by atoms with Gasteiger partial charge in [0.1, 0.15) is 6.33 Å². The first-order chi connectivity index (χ1) is 12.7. The van der Waals surface area contributed by atoms with E-state index in [1.54, 1.807) is 0 Å². The summed E-state index contributed by atoms with van der Waals surface area (Å²) in [6, 6.07) is 0.243. The zero-order chi connectivity index (χ0) is 18.2. The van der Waals surface area contributed by atoms with Crippen molar-refractivity contribution in [2.24, 2.45) is 0 Å². The Bertz CT molecular complexity index is 586. The van der Waals surface area contributed by atoms with Gasteiger partial charge in [-0.25, -0.2) is 9.97 Å². The molecule has 1 aromatic heterocycles. The van der Waals surface area contributed by atoms with E-state index >= 15 is 0 Å². The zero-order valence-electron chi connectivity index (χ0n) is 15.2. The van der Waals surface area contributed by atoms with Crippen molar-refractivity contribution in [3.05, 3.63) is 16.4 Å². The van der Waals surface area contributed by atoms with Crippen LogP contribution in [-0.4, -0.2) is 65.2 Å². The third kappa shape index (κ3) is 5.25. The van der Waals surface area contributed by atoms with E-state index in [0.29, 0.717) is 12.4 Å². The van der Waals surface area contributed by atoms with Crippen LogP contribution in [-0.2, 0) is 4.74 Å². The number of anilines is 2. The highest BCUT2D eigenvalue weighted by molar-refractivity contribution is 5.69. The molecule has 1 aliphatic carbocycles. The van der Waals surface area contributed by atoms with E-state index in [0.717, 1.165) is 58.5 Å². The number of morpholine rings is 1. The molecular weight excluding hydrogens is 336 g/mol. The highest BCUT2D eigenvalue weighted by atomic mass is 16.6. The second kappa shape index (κ2) is 9.63. The zero-order valence-corrected chi connectivity index (χ0v) is 15.2. The summed E-state index contributed by atoms with van der Waals surface area (Å²) < 4.78 is 5.33. The molecule has 9 nitrogen and oxygen atoms in total. The molecule has 9 heteroatoms. The Morgan fingerprint density at radius 3 is 2.54 bits per heavy atom. The smallest absolute Gasteiger partial charge is 0.353 e. The third-order valence-electron chi connectivity index (χ3n) is 5.03. The monoisotopic (exact) mass is 364 g/mol. The summed E-state index contributed by atoms with van der Waals surface area (Å²) in [5.41, 5.74) is -0.0567. The van der Waals surface area contributed by atoms with Crippen LogP contribution in [0.3, 0.4) is 0 Å². The molecule has 1 saturated heterocycles. The van der Waals surface area contributed by atoms with E-state index < -0.39 is 4.92 Å². The second-order valence-corrected chi connectivity index (χ2v) is 6.89. The predicted octanol–water partition coefficient (Wildman–Crippen LogP) is 2.26. The van der Waals surface area contributed by atoms with E-state index in [1.165, 1.54) is 19.2 Å². The maximum absolute atomic E-state index is 11.6. The molecular formula is C17H28N6O3. The average Bonchev–Trinajstić information content (AvgIpc) is 2.91. The Morgan fingerprint density at radius 2 is 1.85 bits per heavy atom. The fourth-order valence-corrected chi connectivity index (χ4v) is 3.56. The Kier molecular flexibility index (Phi) is 6.96. The summed E-state index contributed by atoms with van der Waals surface area (Å²) in [6.07, 6.45) is 8.23. The normalized spacial score (nSPS) is 19.7. The van der Waals surface area contributed by atoms with E-state index in [1.807, 2.05) is 0 Å². The lowest BCUT2D eigenvalue weighted by Crippen LogP contribution is -2.39. The van der Waals surface area contributed by atoms with Crippen LogP contribution < -0.4 is 10.6 Å². The second-order valence-electron chi connectivity index (χ2n) is 6.89. The molecule has 144 valence electrons. The summed E-state index contributed by atoms with van der Waals surface area (Å²) in [5, 5.41) is 18.0. The highest BCUT2D eigenvalue weighted by Gasteiger charge is 2.25. The Labute approximate surface area is 153 Å². The standard InChI is InChI=1S/C17H28N6O3/c24-23(25)15-16(18-7-8-22-9-11-26-12-10-22)19-13-20-17(15)21-14-5-3-1-2-4-6-14/h13-14H,1-12H2,(H2,18,19,20,21). The van der Waals surface area contributed by atoms with Gasteiger partial charge >= 0.3 is 5.69 Å². The number of rotatable bonds is 7. The van der Waals surface area contributed by atoms with E-state index in [2.05, 4.69) is 25.5 Å². The molecule has 0 radical (unpaired) electrons. The molecule has 0 spiro atoms. The lowest BCUT2D eigenvalue weighted by molar-refractivity contribution is -0.383. The first-order valence-corrected chi connectivity index (χ1v) is 9.54. The summed E-state index contributed by atoms with van der Waals surface area (Å²) >= 11 is 0. The van der Waals surface area contributed by atoms with Gasteiger partial charge in [0.2, 0.25) is 11.6 Å². The minimum Gasteiger partial charge on any atom is -0.379 e. The highest BCUT2D eigenvalue weighted by Crippen LogP contribution is 2.31. The van der Waals surface area contributed by atoms with Gasteiger partial charge in [0.05, 0.1) is 18.1 Å². The Balaban J connectivity index is 1.63. The van der Waals surface area contributed by atoms with Gasteiger partial charge in [-0.15, -0.1) is 0 Å².